The second-order valence-corrected chi connectivity index (χ2v) is 10.4. The van der Waals surface area contributed by atoms with Crippen LogP contribution in [0.2, 0.25) is 0 Å². The molecule has 0 spiro atoms. The number of ether oxygens (including phenoxy) is 2. The molecular weight excluding hydrogens is 634 g/mol. The van der Waals surface area contributed by atoms with E-state index in [1.807, 2.05) is 22.6 Å². The highest BCUT2D eigenvalue weighted by Gasteiger charge is 2.40. The lowest BCUT2D eigenvalue weighted by Crippen LogP contribution is -2.54. The number of carbonyl (C=O) groups excluding carboxylic acids is 2. The number of nitrogens with one attached hydrogen (secondary N) is 1. The van der Waals surface area contributed by atoms with Crippen LogP contribution in [0.15, 0.2) is 60.7 Å². The summed E-state index contributed by atoms with van der Waals surface area (Å²) in [7, 11) is 1.45. The minimum Gasteiger partial charge on any atom is -0.493 e. The normalized spacial score (nSPS) is 18.4. The van der Waals surface area contributed by atoms with Crippen LogP contribution in [-0.4, -0.2) is 70.5 Å². The first-order valence-electron chi connectivity index (χ1n) is 12.8. The smallest absolute Gasteiger partial charge is 0.247 e. The third-order valence-corrected chi connectivity index (χ3v) is 7.29. The largest absolute Gasteiger partial charge is 0.493 e. The van der Waals surface area contributed by atoms with Gasteiger partial charge in [0.25, 0.3) is 0 Å². The average Bonchev–Trinajstić information content (AvgIpc) is 2.96. The summed E-state index contributed by atoms with van der Waals surface area (Å²) in [6, 6.07) is 8.17. The zero-order valence-corrected chi connectivity index (χ0v) is 24.3. The van der Waals surface area contributed by atoms with Crippen molar-refractivity contribution in [2.45, 2.75) is 50.7 Å². The van der Waals surface area contributed by atoms with Crippen LogP contribution in [0.5, 0.6) is 11.5 Å². The molecule has 0 bridgehead atoms. The van der Waals surface area contributed by atoms with E-state index in [1.54, 1.807) is 30.3 Å². The maximum atomic E-state index is 13.6. The second kappa shape index (κ2) is 15.1. The van der Waals surface area contributed by atoms with Crippen molar-refractivity contribution >= 4 is 34.4 Å². The van der Waals surface area contributed by atoms with E-state index in [-0.39, 0.29) is 50.6 Å². The monoisotopic (exact) mass is 668 g/mol. The molecular formula is C29H34FIN2O7. The summed E-state index contributed by atoms with van der Waals surface area (Å²) in [5.41, 5.74) is 1.53. The number of hydrogen-bond donors (Lipinski definition) is 4. The van der Waals surface area contributed by atoms with Gasteiger partial charge in [0.15, 0.2) is 11.5 Å². The minimum atomic E-state index is -1.25. The van der Waals surface area contributed by atoms with Gasteiger partial charge in [0.05, 0.1) is 29.9 Å². The summed E-state index contributed by atoms with van der Waals surface area (Å²) in [6.45, 7) is 3.32. The molecule has 40 heavy (non-hydrogen) atoms. The van der Waals surface area contributed by atoms with Gasteiger partial charge in [0, 0.05) is 31.5 Å². The van der Waals surface area contributed by atoms with E-state index >= 15 is 0 Å². The number of carbonyl (C=O) groups is 2. The number of methoxy groups -OCH3 is 1. The highest BCUT2D eigenvalue weighted by Crippen LogP contribution is 2.37. The van der Waals surface area contributed by atoms with Crippen LogP contribution >= 0.6 is 22.6 Å². The molecule has 0 heterocycles. The van der Waals surface area contributed by atoms with E-state index in [9.17, 15) is 29.3 Å². The summed E-state index contributed by atoms with van der Waals surface area (Å²) in [6.07, 6.45) is 1.39. The summed E-state index contributed by atoms with van der Waals surface area (Å²) in [5, 5.41) is 33.0. The van der Waals surface area contributed by atoms with Crippen molar-refractivity contribution in [1.29, 1.82) is 0 Å². The molecule has 1 aliphatic rings. The predicted octanol–water partition coefficient (Wildman–Crippen LogP) is 2.84. The van der Waals surface area contributed by atoms with Gasteiger partial charge >= 0.3 is 0 Å². The Labute approximate surface area is 246 Å². The number of allylic oxidation sites excluding steroid dienone is 1. The maximum Gasteiger partial charge on any atom is 0.247 e. The molecule has 1 aliphatic carbocycles. The molecule has 216 valence electrons. The van der Waals surface area contributed by atoms with E-state index in [1.165, 1.54) is 30.2 Å². The molecule has 0 radical (unpaired) electrons. The van der Waals surface area contributed by atoms with Crippen LogP contribution in [0.4, 0.5) is 4.39 Å². The molecule has 0 fully saturated rings. The highest BCUT2D eigenvalue weighted by molar-refractivity contribution is 14.1. The number of aliphatic hydroxyl groups is 3. The SMILES string of the molecule is C=CCCC(=O)N(Cc1ccc(F)cc1)[C@@H]1CC(C(=O)NCCO)=C[C@H](Oc2c(I)cc(CO)cc2OC)[C@H]1O. The van der Waals surface area contributed by atoms with Crippen LogP contribution in [0, 0.1) is 9.39 Å². The highest BCUT2D eigenvalue weighted by atomic mass is 127. The topological polar surface area (TPSA) is 129 Å². The molecule has 2 aromatic rings. The first-order chi connectivity index (χ1) is 19.2. The fourth-order valence-electron chi connectivity index (χ4n) is 4.44. The van der Waals surface area contributed by atoms with Crippen molar-refractivity contribution in [1.82, 2.24) is 10.2 Å². The molecule has 2 aromatic carbocycles. The maximum absolute atomic E-state index is 13.6. The van der Waals surface area contributed by atoms with Crippen LogP contribution < -0.4 is 14.8 Å². The van der Waals surface area contributed by atoms with Gasteiger partial charge in [-0.3, -0.25) is 9.59 Å². The fourth-order valence-corrected chi connectivity index (χ4v) is 5.23. The fraction of sp³-hybridized carbons (Fsp3) is 0.379. The van der Waals surface area contributed by atoms with Gasteiger partial charge in [-0.1, -0.05) is 18.2 Å². The zero-order chi connectivity index (χ0) is 29.2. The summed E-state index contributed by atoms with van der Waals surface area (Å²) >= 11 is 2.03. The Balaban J connectivity index is 2.03. The van der Waals surface area contributed by atoms with Crippen molar-refractivity contribution in [2.75, 3.05) is 20.3 Å². The number of benzene rings is 2. The lowest BCUT2D eigenvalue weighted by atomic mass is 9.87. The van der Waals surface area contributed by atoms with Gasteiger partial charge in [-0.05, 0) is 70.5 Å². The van der Waals surface area contributed by atoms with Crippen molar-refractivity contribution < 1.29 is 38.8 Å². The molecule has 0 aliphatic heterocycles. The Morgan fingerprint density at radius 2 is 1.95 bits per heavy atom. The number of amides is 2. The van der Waals surface area contributed by atoms with Crippen molar-refractivity contribution in [3.05, 3.63) is 81.2 Å². The van der Waals surface area contributed by atoms with Crippen molar-refractivity contribution in [3.8, 4) is 11.5 Å². The molecule has 3 rings (SSSR count). The quantitative estimate of drug-likeness (QED) is 0.191. The van der Waals surface area contributed by atoms with Crippen LogP contribution in [0.25, 0.3) is 0 Å². The first-order valence-corrected chi connectivity index (χ1v) is 13.9. The van der Waals surface area contributed by atoms with E-state index in [2.05, 4.69) is 11.9 Å². The number of aliphatic hydroxyl groups excluding tert-OH is 3. The van der Waals surface area contributed by atoms with E-state index in [4.69, 9.17) is 9.47 Å². The minimum absolute atomic E-state index is 0.0248. The Kier molecular flexibility index (Phi) is 11.9. The van der Waals surface area contributed by atoms with Gasteiger partial charge < -0.3 is 35.0 Å². The van der Waals surface area contributed by atoms with E-state index < -0.39 is 30.0 Å². The van der Waals surface area contributed by atoms with Crippen LogP contribution in [0.3, 0.4) is 0 Å². The Morgan fingerprint density at radius 3 is 2.58 bits per heavy atom. The molecule has 11 heteroatoms. The lowest BCUT2D eigenvalue weighted by Gasteiger charge is -2.40. The Morgan fingerprint density at radius 1 is 1.23 bits per heavy atom. The molecule has 0 aromatic heterocycles. The van der Waals surface area contributed by atoms with Crippen molar-refractivity contribution in [3.63, 3.8) is 0 Å². The second-order valence-electron chi connectivity index (χ2n) is 9.26. The lowest BCUT2D eigenvalue weighted by molar-refractivity contribution is -0.139. The van der Waals surface area contributed by atoms with Gasteiger partial charge in [0.2, 0.25) is 11.8 Å². The van der Waals surface area contributed by atoms with E-state index in [0.717, 1.165) is 0 Å². The molecule has 9 nitrogen and oxygen atoms in total. The molecule has 4 N–H and O–H groups in total. The van der Waals surface area contributed by atoms with Crippen LogP contribution in [-0.2, 0) is 22.7 Å². The zero-order valence-electron chi connectivity index (χ0n) is 22.2. The molecule has 0 saturated heterocycles. The predicted molar refractivity (Wildman–Crippen MR) is 155 cm³/mol. The average molecular weight is 669 g/mol. The molecule has 2 amide bonds. The third-order valence-electron chi connectivity index (χ3n) is 6.49. The first kappa shape index (κ1) is 31.5. The molecule has 0 saturated carbocycles. The van der Waals surface area contributed by atoms with Crippen LogP contribution in [0.1, 0.15) is 30.4 Å². The van der Waals surface area contributed by atoms with Gasteiger partial charge in [-0.15, -0.1) is 6.58 Å². The summed E-state index contributed by atoms with van der Waals surface area (Å²) in [5.74, 6) is -0.517. The van der Waals surface area contributed by atoms with Gasteiger partial charge in [0.1, 0.15) is 18.0 Å². The number of rotatable bonds is 13. The standard InChI is InChI=1S/C29H34FIN2O7/c1-3-4-5-26(36)33(16-18-6-8-21(30)9-7-18)23-14-20(29(38)32-10-11-34)15-24(27(23)37)40-28-22(31)12-19(17-35)13-25(28)39-2/h3,6-9,12-13,15,23-24,27,34-35,37H,1,4-5,10-11,14,16-17H2,2H3,(H,32,38)/t23-,24+,27+/m1/s1. The number of hydrogen-bond acceptors (Lipinski definition) is 7. The molecule has 3 atom stereocenters. The summed E-state index contributed by atoms with van der Waals surface area (Å²) in [4.78, 5) is 27.9. The Bertz CT molecular complexity index is 1220. The number of nitrogens with zero attached hydrogens (tertiary/aromatic N) is 1. The Hall–Kier alpha value is -3.00. The molecule has 0 unspecified atom stereocenters. The van der Waals surface area contributed by atoms with E-state index in [0.29, 0.717) is 32.6 Å². The van der Waals surface area contributed by atoms with Crippen molar-refractivity contribution in [2.24, 2.45) is 0 Å². The summed E-state index contributed by atoms with van der Waals surface area (Å²) < 4.78 is 25.9. The third kappa shape index (κ3) is 8.03. The van der Waals surface area contributed by atoms with Gasteiger partial charge in [-0.2, -0.15) is 0 Å². The number of halogens is 2. The van der Waals surface area contributed by atoms with Gasteiger partial charge in [-0.25, -0.2) is 4.39 Å².